The molecule has 2 nitrogen and oxygen atoms in total. The van der Waals surface area contributed by atoms with E-state index in [1.165, 1.54) is 0 Å². The first kappa shape index (κ1) is 22.0. The number of carbonyl (C=O) groups is 1. The van der Waals surface area contributed by atoms with Crippen molar-refractivity contribution in [2.75, 3.05) is 6.61 Å². The molecule has 0 aliphatic heterocycles. The molecule has 0 fully saturated rings. The molecule has 0 aliphatic carbocycles. The zero-order chi connectivity index (χ0) is 20.6. The summed E-state index contributed by atoms with van der Waals surface area (Å²) in [6, 6.07) is 15.2. The van der Waals surface area contributed by atoms with Crippen LogP contribution in [0.25, 0.3) is 0 Å². The molecule has 0 heterocycles. The molecule has 0 amide bonds. The summed E-state index contributed by atoms with van der Waals surface area (Å²) < 4.78 is 41.8. The van der Waals surface area contributed by atoms with Crippen LogP contribution in [0.2, 0.25) is 0 Å². The van der Waals surface area contributed by atoms with Gasteiger partial charge in [0.25, 0.3) is 0 Å². The normalized spacial score (nSPS) is 12.6. The van der Waals surface area contributed by atoms with Gasteiger partial charge < -0.3 is 4.74 Å². The molecule has 0 saturated carbocycles. The van der Waals surface area contributed by atoms with Crippen molar-refractivity contribution in [1.29, 1.82) is 0 Å². The number of hydrogen-bond donors (Lipinski definition) is 0. The van der Waals surface area contributed by atoms with Crippen molar-refractivity contribution in [3.05, 3.63) is 65.2 Å². The van der Waals surface area contributed by atoms with Gasteiger partial charge in [0.2, 0.25) is 0 Å². The van der Waals surface area contributed by atoms with E-state index in [2.05, 4.69) is 0 Å². The number of rotatable bonds is 10. The minimum Gasteiger partial charge on any atom is -0.494 e. The Morgan fingerprint density at radius 3 is 2.21 bits per heavy atom. The molecule has 2 aromatic carbocycles. The monoisotopic (exact) mass is 392 g/mol. The summed E-state index contributed by atoms with van der Waals surface area (Å²) in [4.78, 5) is 12.4. The van der Waals surface area contributed by atoms with E-state index in [0.717, 1.165) is 16.7 Å². The average Bonchev–Trinajstić information content (AvgIpc) is 2.64. The van der Waals surface area contributed by atoms with Gasteiger partial charge in [-0.2, -0.15) is 13.2 Å². The minimum absolute atomic E-state index is 0.0882. The number of benzene rings is 2. The molecular weight excluding hydrogens is 365 g/mol. The second kappa shape index (κ2) is 10.3. The van der Waals surface area contributed by atoms with Crippen molar-refractivity contribution in [1.82, 2.24) is 0 Å². The standard InChI is InChI=1S/C23H27F3O2/c1-17-6-8-20(9-7-17)22(27)16-18(2)19-10-12-21(13-11-19)28-15-5-3-4-14-23(24,25)26/h6-13,18H,3-5,14-16H2,1-2H3/t18-/m0/s1. The number of halogens is 3. The first-order valence-electron chi connectivity index (χ1n) is 9.64. The highest BCUT2D eigenvalue weighted by atomic mass is 19.4. The van der Waals surface area contributed by atoms with Gasteiger partial charge in [-0.05, 0) is 49.8 Å². The van der Waals surface area contributed by atoms with Crippen molar-refractivity contribution in [2.45, 2.75) is 58.0 Å². The molecular formula is C23H27F3O2. The van der Waals surface area contributed by atoms with Crippen LogP contribution in [0, 0.1) is 6.92 Å². The van der Waals surface area contributed by atoms with Crippen molar-refractivity contribution < 1.29 is 22.7 Å². The summed E-state index contributed by atoms with van der Waals surface area (Å²) >= 11 is 0. The molecule has 0 aliphatic rings. The van der Waals surface area contributed by atoms with Crippen LogP contribution in [-0.2, 0) is 0 Å². The molecule has 2 rings (SSSR count). The highest BCUT2D eigenvalue weighted by molar-refractivity contribution is 5.96. The summed E-state index contributed by atoms with van der Waals surface area (Å²) in [7, 11) is 0. The van der Waals surface area contributed by atoms with Crippen molar-refractivity contribution in [2.24, 2.45) is 0 Å². The van der Waals surface area contributed by atoms with Gasteiger partial charge in [0.05, 0.1) is 6.61 Å². The van der Waals surface area contributed by atoms with Gasteiger partial charge in [0.15, 0.2) is 5.78 Å². The van der Waals surface area contributed by atoms with Crippen LogP contribution >= 0.6 is 0 Å². The number of ketones is 1. The van der Waals surface area contributed by atoms with Crippen LogP contribution in [0.5, 0.6) is 5.75 Å². The highest BCUT2D eigenvalue weighted by Gasteiger charge is 2.25. The van der Waals surface area contributed by atoms with E-state index in [4.69, 9.17) is 4.74 Å². The van der Waals surface area contributed by atoms with Crippen molar-refractivity contribution >= 4 is 5.78 Å². The van der Waals surface area contributed by atoms with E-state index >= 15 is 0 Å². The first-order chi connectivity index (χ1) is 13.2. The lowest BCUT2D eigenvalue weighted by atomic mass is 9.93. The van der Waals surface area contributed by atoms with E-state index in [1.807, 2.05) is 62.4 Å². The Bertz CT molecular complexity index is 734. The lowest BCUT2D eigenvalue weighted by Gasteiger charge is -2.13. The molecule has 0 saturated heterocycles. The minimum atomic E-state index is -4.08. The molecule has 28 heavy (non-hydrogen) atoms. The van der Waals surface area contributed by atoms with E-state index < -0.39 is 12.6 Å². The quantitative estimate of drug-likeness (QED) is 0.326. The predicted octanol–water partition coefficient (Wildman–Crippen LogP) is 6.87. The first-order valence-corrected chi connectivity index (χ1v) is 9.64. The Kier molecular flexibility index (Phi) is 8.09. The van der Waals surface area contributed by atoms with Crippen LogP contribution in [0.1, 0.15) is 66.4 Å². The number of hydrogen-bond acceptors (Lipinski definition) is 2. The fraction of sp³-hybridized carbons (Fsp3) is 0.435. The number of alkyl halides is 3. The maximum absolute atomic E-state index is 12.4. The summed E-state index contributed by atoms with van der Waals surface area (Å²) in [6.07, 6.45) is -3.15. The highest BCUT2D eigenvalue weighted by Crippen LogP contribution is 2.25. The molecule has 5 heteroatoms. The zero-order valence-electron chi connectivity index (χ0n) is 16.4. The molecule has 152 valence electrons. The fourth-order valence-corrected chi connectivity index (χ4v) is 2.94. The summed E-state index contributed by atoms with van der Waals surface area (Å²) in [5.41, 5.74) is 2.90. The molecule has 0 unspecified atom stereocenters. The second-order valence-corrected chi connectivity index (χ2v) is 7.24. The van der Waals surface area contributed by atoms with E-state index in [-0.39, 0.29) is 18.1 Å². The Hall–Kier alpha value is -2.30. The molecule has 0 radical (unpaired) electrons. The van der Waals surface area contributed by atoms with E-state index in [9.17, 15) is 18.0 Å². The van der Waals surface area contributed by atoms with Crippen LogP contribution in [0.3, 0.4) is 0 Å². The van der Waals surface area contributed by atoms with Gasteiger partial charge >= 0.3 is 6.18 Å². The summed E-state index contributed by atoms with van der Waals surface area (Å²) in [5.74, 6) is 0.897. The predicted molar refractivity (Wildman–Crippen MR) is 105 cm³/mol. The number of aryl methyl sites for hydroxylation is 1. The number of Topliss-reactive ketones (excluding diaryl/α,β-unsaturated/α-hetero) is 1. The summed E-state index contributed by atoms with van der Waals surface area (Å²) in [6.45, 7) is 4.41. The third-order valence-corrected chi connectivity index (χ3v) is 4.69. The lowest BCUT2D eigenvalue weighted by Crippen LogP contribution is -2.07. The number of carbonyl (C=O) groups excluding carboxylic acids is 1. The molecule has 0 N–H and O–H groups in total. The Morgan fingerprint density at radius 2 is 1.61 bits per heavy atom. The third kappa shape index (κ3) is 7.75. The molecule has 0 aromatic heterocycles. The van der Waals surface area contributed by atoms with Crippen LogP contribution in [0.4, 0.5) is 13.2 Å². The van der Waals surface area contributed by atoms with Crippen LogP contribution in [0.15, 0.2) is 48.5 Å². The molecule has 1 atom stereocenters. The Balaban J connectivity index is 1.75. The molecule has 0 bridgehead atoms. The lowest BCUT2D eigenvalue weighted by molar-refractivity contribution is -0.135. The zero-order valence-corrected chi connectivity index (χ0v) is 16.4. The average molecular weight is 392 g/mol. The van der Waals surface area contributed by atoms with E-state index in [0.29, 0.717) is 31.6 Å². The fourth-order valence-electron chi connectivity index (χ4n) is 2.94. The number of unbranched alkanes of at least 4 members (excludes halogenated alkanes) is 2. The van der Waals surface area contributed by atoms with Gasteiger partial charge in [-0.25, -0.2) is 0 Å². The van der Waals surface area contributed by atoms with Crippen molar-refractivity contribution in [3.63, 3.8) is 0 Å². The maximum Gasteiger partial charge on any atom is 0.389 e. The van der Waals surface area contributed by atoms with Gasteiger partial charge in [-0.1, -0.05) is 48.9 Å². The smallest absolute Gasteiger partial charge is 0.389 e. The van der Waals surface area contributed by atoms with Crippen LogP contribution in [-0.4, -0.2) is 18.6 Å². The second-order valence-electron chi connectivity index (χ2n) is 7.24. The van der Waals surface area contributed by atoms with Gasteiger partial charge in [-0.15, -0.1) is 0 Å². The van der Waals surface area contributed by atoms with Gasteiger partial charge in [0.1, 0.15) is 5.75 Å². The molecule has 0 spiro atoms. The van der Waals surface area contributed by atoms with Gasteiger partial charge in [-0.3, -0.25) is 4.79 Å². The summed E-state index contributed by atoms with van der Waals surface area (Å²) in [5, 5.41) is 0. The van der Waals surface area contributed by atoms with Crippen molar-refractivity contribution in [3.8, 4) is 5.75 Å². The van der Waals surface area contributed by atoms with Crippen LogP contribution < -0.4 is 4.74 Å². The maximum atomic E-state index is 12.4. The van der Waals surface area contributed by atoms with E-state index in [1.54, 1.807) is 0 Å². The Morgan fingerprint density at radius 1 is 0.964 bits per heavy atom. The number of ether oxygens (including phenoxy) is 1. The molecule has 2 aromatic rings. The Labute approximate surface area is 164 Å². The topological polar surface area (TPSA) is 26.3 Å². The largest absolute Gasteiger partial charge is 0.494 e. The third-order valence-electron chi connectivity index (χ3n) is 4.69. The SMILES string of the molecule is Cc1ccc(C(=O)C[C@H](C)c2ccc(OCCCCCC(F)(F)F)cc2)cc1. The van der Waals surface area contributed by atoms with Gasteiger partial charge in [0, 0.05) is 18.4 Å².